The van der Waals surface area contributed by atoms with Gasteiger partial charge in [-0.3, -0.25) is 0 Å². The highest BCUT2D eigenvalue weighted by Gasteiger charge is 2.16. The van der Waals surface area contributed by atoms with Crippen LogP contribution in [0.25, 0.3) is 6.08 Å². The number of fused-ring (bicyclic) bond motifs is 1. The highest BCUT2D eigenvalue weighted by molar-refractivity contribution is 5.67. The van der Waals surface area contributed by atoms with Crippen LogP contribution in [0.3, 0.4) is 0 Å². The van der Waals surface area contributed by atoms with Crippen molar-refractivity contribution in [3.05, 3.63) is 35.5 Å². The van der Waals surface area contributed by atoms with Crippen LogP contribution in [0.2, 0.25) is 0 Å². The van der Waals surface area contributed by atoms with Crippen molar-refractivity contribution >= 4 is 18.5 Å². The average Bonchev–Trinajstić information content (AvgIpc) is 2.35. The van der Waals surface area contributed by atoms with Crippen LogP contribution in [0.15, 0.2) is 24.4 Å². The molecule has 0 aliphatic carbocycles. The lowest BCUT2D eigenvalue weighted by atomic mass is 10.1. The van der Waals surface area contributed by atoms with Crippen molar-refractivity contribution in [3.63, 3.8) is 0 Å². The van der Waals surface area contributed by atoms with E-state index in [0.717, 1.165) is 0 Å². The van der Waals surface area contributed by atoms with Gasteiger partial charge in [0.2, 0.25) is 5.69 Å². The Bertz CT molecular complexity index is 348. The van der Waals surface area contributed by atoms with Gasteiger partial charge in [-0.15, -0.1) is 0 Å². The van der Waals surface area contributed by atoms with Gasteiger partial charge >= 0.3 is 0 Å². The Morgan fingerprint density at radius 2 is 2.18 bits per heavy atom. The zero-order chi connectivity index (χ0) is 7.84. The van der Waals surface area contributed by atoms with E-state index in [1.165, 1.54) is 16.8 Å². The van der Waals surface area contributed by atoms with Gasteiger partial charge in [-0.2, -0.15) is 4.58 Å². The van der Waals surface area contributed by atoms with Crippen LogP contribution in [0.4, 0.5) is 5.69 Å². The lowest BCUT2D eigenvalue weighted by Crippen LogP contribution is -1.88. The standard InChI is InChI=1S/C10H10N/c1-8-4-3-5-10-9(8)6-7-11(10)2/h3-7H,2H2,1H3/q+1. The second-order valence-corrected chi connectivity index (χ2v) is 2.79. The fourth-order valence-corrected chi connectivity index (χ4v) is 1.38. The minimum absolute atomic E-state index is 1.20. The van der Waals surface area contributed by atoms with Crippen molar-refractivity contribution in [1.29, 1.82) is 0 Å². The molecule has 0 fully saturated rings. The Morgan fingerprint density at radius 1 is 1.36 bits per heavy atom. The average molecular weight is 144 g/mol. The number of benzene rings is 1. The Kier molecular flexibility index (Phi) is 1.19. The van der Waals surface area contributed by atoms with Crippen LogP contribution in [-0.2, 0) is 0 Å². The van der Waals surface area contributed by atoms with Gasteiger partial charge in [0.05, 0.1) is 5.56 Å². The molecule has 1 heterocycles. The molecule has 0 unspecified atom stereocenters. The molecule has 0 N–H and O–H groups in total. The van der Waals surface area contributed by atoms with E-state index in [9.17, 15) is 0 Å². The van der Waals surface area contributed by atoms with Crippen molar-refractivity contribution in [1.82, 2.24) is 0 Å². The summed E-state index contributed by atoms with van der Waals surface area (Å²) in [5, 5.41) is 0. The van der Waals surface area contributed by atoms with E-state index < -0.39 is 0 Å². The normalized spacial score (nSPS) is 13.7. The fraction of sp³-hybridized carbons (Fsp3) is 0.100. The molecule has 1 aromatic carbocycles. The van der Waals surface area contributed by atoms with Gasteiger partial charge in [0.25, 0.3) is 0 Å². The molecule has 2 rings (SSSR count). The Labute approximate surface area is 66.3 Å². The van der Waals surface area contributed by atoms with Crippen molar-refractivity contribution in [2.45, 2.75) is 6.92 Å². The molecule has 0 amide bonds. The zero-order valence-electron chi connectivity index (χ0n) is 6.54. The van der Waals surface area contributed by atoms with Crippen LogP contribution >= 0.6 is 0 Å². The maximum Gasteiger partial charge on any atom is 0.217 e. The molecule has 0 spiro atoms. The molecule has 0 saturated carbocycles. The summed E-state index contributed by atoms with van der Waals surface area (Å²) < 4.78 is 1.89. The second-order valence-electron chi connectivity index (χ2n) is 2.79. The molecule has 0 saturated heterocycles. The number of nitrogens with zero attached hydrogens (tertiary/aromatic N) is 1. The first-order valence-electron chi connectivity index (χ1n) is 3.66. The first kappa shape index (κ1) is 6.35. The largest absolute Gasteiger partial charge is 0.217 e. The summed E-state index contributed by atoms with van der Waals surface area (Å²) in [5.41, 5.74) is 3.80. The molecule has 1 aliphatic heterocycles. The van der Waals surface area contributed by atoms with Crippen molar-refractivity contribution < 1.29 is 4.58 Å². The maximum atomic E-state index is 3.87. The summed E-state index contributed by atoms with van der Waals surface area (Å²) in [7, 11) is 0. The van der Waals surface area contributed by atoms with E-state index in [1.54, 1.807) is 0 Å². The number of hydrogen-bond acceptors (Lipinski definition) is 0. The predicted octanol–water partition coefficient (Wildman–Crippen LogP) is 2.32. The Balaban J connectivity index is 2.74. The minimum Gasteiger partial charge on any atom is -0.173 e. The first-order chi connectivity index (χ1) is 5.29. The van der Waals surface area contributed by atoms with Crippen LogP contribution < -0.4 is 0 Å². The van der Waals surface area contributed by atoms with Crippen LogP contribution in [0, 0.1) is 6.92 Å². The molecule has 54 valence electrons. The summed E-state index contributed by atoms with van der Waals surface area (Å²) in [6, 6.07) is 6.25. The molecular weight excluding hydrogens is 134 g/mol. The van der Waals surface area contributed by atoms with Gasteiger partial charge in [-0.25, -0.2) is 0 Å². The van der Waals surface area contributed by atoms with Crippen molar-refractivity contribution in [3.8, 4) is 0 Å². The molecule has 1 aliphatic rings. The molecule has 1 aromatic rings. The van der Waals surface area contributed by atoms with E-state index in [4.69, 9.17) is 0 Å². The monoisotopic (exact) mass is 144 g/mol. The molecule has 0 atom stereocenters. The minimum atomic E-state index is 1.20. The van der Waals surface area contributed by atoms with Gasteiger partial charge in [-0.05, 0) is 12.5 Å². The molecule has 0 aromatic heterocycles. The van der Waals surface area contributed by atoms with Crippen LogP contribution in [0.1, 0.15) is 11.1 Å². The van der Waals surface area contributed by atoms with Gasteiger partial charge in [-0.1, -0.05) is 12.1 Å². The highest BCUT2D eigenvalue weighted by atomic mass is 15.0. The molecule has 0 bridgehead atoms. The lowest BCUT2D eigenvalue weighted by Gasteiger charge is -1.95. The summed E-state index contributed by atoms with van der Waals surface area (Å²) in [6.07, 6.45) is 4.08. The van der Waals surface area contributed by atoms with E-state index >= 15 is 0 Å². The third-order valence-electron chi connectivity index (χ3n) is 2.03. The summed E-state index contributed by atoms with van der Waals surface area (Å²) in [5.74, 6) is 0. The van der Waals surface area contributed by atoms with Gasteiger partial charge in [0.15, 0.2) is 6.20 Å². The van der Waals surface area contributed by atoms with E-state index in [0.29, 0.717) is 0 Å². The predicted molar refractivity (Wildman–Crippen MR) is 47.3 cm³/mol. The van der Waals surface area contributed by atoms with Gasteiger partial charge in [0.1, 0.15) is 6.72 Å². The lowest BCUT2D eigenvalue weighted by molar-refractivity contribution is -0.344. The quantitative estimate of drug-likeness (QED) is 0.491. The SMILES string of the molecule is C=[N+]1C=Cc2c(C)cccc21. The molecule has 1 nitrogen and oxygen atoms in total. The Hall–Kier alpha value is -1.37. The van der Waals surface area contributed by atoms with E-state index in [-0.39, 0.29) is 0 Å². The van der Waals surface area contributed by atoms with Crippen molar-refractivity contribution in [2.75, 3.05) is 0 Å². The molecule has 0 radical (unpaired) electrons. The van der Waals surface area contributed by atoms with Crippen molar-refractivity contribution in [2.24, 2.45) is 0 Å². The van der Waals surface area contributed by atoms with E-state index in [1.807, 2.05) is 10.8 Å². The van der Waals surface area contributed by atoms with E-state index in [2.05, 4.69) is 37.9 Å². The summed E-state index contributed by atoms with van der Waals surface area (Å²) in [4.78, 5) is 0. The highest BCUT2D eigenvalue weighted by Crippen LogP contribution is 2.28. The maximum absolute atomic E-state index is 3.87. The Morgan fingerprint density at radius 3 is 2.91 bits per heavy atom. The van der Waals surface area contributed by atoms with Gasteiger partial charge < -0.3 is 0 Å². The fourth-order valence-electron chi connectivity index (χ4n) is 1.38. The van der Waals surface area contributed by atoms with Crippen LogP contribution in [-0.4, -0.2) is 11.3 Å². The summed E-state index contributed by atoms with van der Waals surface area (Å²) >= 11 is 0. The number of rotatable bonds is 0. The third-order valence-corrected chi connectivity index (χ3v) is 2.03. The molecule has 1 heteroatoms. The van der Waals surface area contributed by atoms with Crippen LogP contribution in [0.5, 0.6) is 0 Å². The number of aryl methyl sites for hydroxylation is 1. The topological polar surface area (TPSA) is 3.01 Å². The molecule has 11 heavy (non-hydrogen) atoms. The first-order valence-corrected chi connectivity index (χ1v) is 3.66. The molecular formula is C10H10N+. The van der Waals surface area contributed by atoms with Gasteiger partial charge in [0, 0.05) is 12.1 Å². The zero-order valence-corrected chi connectivity index (χ0v) is 6.54. The number of hydrogen-bond donors (Lipinski definition) is 0. The smallest absolute Gasteiger partial charge is 0.173 e. The third kappa shape index (κ3) is 0.811. The summed E-state index contributed by atoms with van der Waals surface area (Å²) in [6.45, 7) is 5.98. The second kappa shape index (κ2) is 2.06.